The van der Waals surface area contributed by atoms with Gasteiger partial charge in [-0.1, -0.05) is 19.3 Å². The molecule has 1 aliphatic heterocycles. The summed E-state index contributed by atoms with van der Waals surface area (Å²) in [6, 6.07) is 3.89. The molecule has 0 radical (unpaired) electrons. The molecule has 0 bridgehead atoms. The van der Waals surface area contributed by atoms with E-state index in [0.717, 1.165) is 64.2 Å². The number of amides is 1. The van der Waals surface area contributed by atoms with Crippen molar-refractivity contribution in [1.82, 2.24) is 9.80 Å². The molecule has 0 unspecified atom stereocenters. The Balaban J connectivity index is 1.45. The van der Waals surface area contributed by atoms with Gasteiger partial charge in [0.2, 0.25) is 5.91 Å². The number of hydrogen-bond acceptors (Lipinski definition) is 4. The molecule has 1 aliphatic carbocycles. The van der Waals surface area contributed by atoms with Crippen LogP contribution in [0.5, 0.6) is 0 Å². The third-order valence-electron chi connectivity index (χ3n) is 4.95. The summed E-state index contributed by atoms with van der Waals surface area (Å²) in [6.07, 6.45) is 6.81. The van der Waals surface area contributed by atoms with Crippen molar-refractivity contribution in [2.45, 2.75) is 50.7 Å². The summed E-state index contributed by atoms with van der Waals surface area (Å²) in [4.78, 5) is 16.6. The van der Waals surface area contributed by atoms with Crippen LogP contribution in [0.1, 0.15) is 44.3 Å². The minimum atomic E-state index is -0.749. The first-order valence-electron chi connectivity index (χ1n) is 8.40. The Labute approximate surface area is 131 Å². The molecule has 0 spiro atoms. The Morgan fingerprint density at radius 3 is 2.55 bits per heavy atom. The van der Waals surface area contributed by atoms with Crippen molar-refractivity contribution in [1.29, 1.82) is 0 Å². The summed E-state index contributed by atoms with van der Waals surface area (Å²) >= 11 is 0. The van der Waals surface area contributed by atoms with E-state index < -0.39 is 5.60 Å². The normalized spacial score (nSPS) is 22.7. The molecule has 5 nitrogen and oxygen atoms in total. The summed E-state index contributed by atoms with van der Waals surface area (Å²) in [7, 11) is 0. The number of hydrogen-bond donors (Lipinski definition) is 1. The van der Waals surface area contributed by atoms with Crippen LogP contribution in [0.2, 0.25) is 0 Å². The summed E-state index contributed by atoms with van der Waals surface area (Å²) in [6.45, 7) is 4.03. The number of carbonyl (C=O) groups is 1. The fourth-order valence-electron chi connectivity index (χ4n) is 3.56. The maximum atomic E-state index is 12.4. The van der Waals surface area contributed by atoms with Gasteiger partial charge in [0.1, 0.15) is 5.76 Å². The second-order valence-corrected chi connectivity index (χ2v) is 6.70. The molecule has 1 aromatic rings. The maximum Gasteiger partial charge on any atom is 0.225 e. The van der Waals surface area contributed by atoms with Crippen LogP contribution in [-0.4, -0.2) is 52.6 Å². The molecule has 1 N–H and O–H groups in total. The van der Waals surface area contributed by atoms with E-state index in [-0.39, 0.29) is 5.91 Å². The highest BCUT2D eigenvalue weighted by molar-refractivity contribution is 5.77. The predicted molar refractivity (Wildman–Crippen MR) is 83.2 cm³/mol. The maximum absolute atomic E-state index is 12.4. The predicted octanol–water partition coefficient (Wildman–Crippen LogP) is 2.01. The molecule has 1 saturated carbocycles. The molecule has 3 rings (SSSR count). The Kier molecular flexibility index (Phi) is 4.84. The van der Waals surface area contributed by atoms with Gasteiger partial charge in [0.05, 0.1) is 24.8 Å². The average Bonchev–Trinajstić information content (AvgIpc) is 3.01. The van der Waals surface area contributed by atoms with E-state index in [2.05, 4.69) is 4.90 Å². The first-order valence-corrected chi connectivity index (χ1v) is 8.40. The van der Waals surface area contributed by atoms with Crippen molar-refractivity contribution < 1.29 is 14.3 Å². The van der Waals surface area contributed by atoms with Crippen molar-refractivity contribution >= 4 is 5.91 Å². The number of rotatable bonds is 4. The van der Waals surface area contributed by atoms with Crippen LogP contribution in [0.15, 0.2) is 22.8 Å². The van der Waals surface area contributed by atoms with Gasteiger partial charge in [-0.15, -0.1) is 0 Å². The zero-order valence-electron chi connectivity index (χ0n) is 13.2. The molecule has 22 heavy (non-hydrogen) atoms. The van der Waals surface area contributed by atoms with Gasteiger partial charge < -0.3 is 14.4 Å². The van der Waals surface area contributed by atoms with Crippen LogP contribution >= 0.6 is 0 Å². The lowest BCUT2D eigenvalue weighted by Gasteiger charge is -2.37. The molecular formula is C17H26N2O3. The Morgan fingerprint density at radius 1 is 1.18 bits per heavy atom. The fraction of sp³-hybridized carbons (Fsp3) is 0.706. The minimum absolute atomic E-state index is 0.113. The van der Waals surface area contributed by atoms with E-state index in [4.69, 9.17) is 4.42 Å². The molecule has 1 saturated heterocycles. The van der Waals surface area contributed by atoms with Crippen molar-refractivity contribution in [3.8, 4) is 0 Å². The molecule has 2 heterocycles. The monoisotopic (exact) mass is 306 g/mol. The number of piperazine rings is 1. The number of carbonyl (C=O) groups excluding carboxylic acids is 1. The summed E-state index contributed by atoms with van der Waals surface area (Å²) in [5, 5.41) is 10.5. The zero-order valence-corrected chi connectivity index (χ0v) is 13.2. The summed E-state index contributed by atoms with van der Waals surface area (Å²) < 4.78 is 5.37. The Hall–Kier alpha value is -1.33. The second kappa shape index (κ2) is 6.84. The lowest BCUT2D eigenvalue weighted by Crippen LogP contribution is -2.50. The molecule has 122 valence electrons. The minimum Gasteiger partial charge on any atom is -0.468 e. The van der Waals surface area contributed by atoms with Gasteiger partial charge >= 0.3 is 0 Å². The third kappa shape index (κ3) is 3.90. The first-order chi connectivity index (χ1) is 10.6. The first kappa shape index (κ1) is 15.6. The summed E-state index contributed by atoms with van der Waals surface area (Å²) in [5.41, 5.74) is -0.749. The summed E-state index contributed by atoms with van der Waals surface area (Å²) in [5.74, 6) is 1.08. The molecule has 1 aromatic heterocycles. The Morgan fingerprint density at radius 2 is 1.91 bits per heavy atom. The van der Waals surface area contributed by atoms with Gasteiger partial charge in [0, 0.05) is 26.2 Å². The third-order valence-corrected chi connectivity index (χ3v) is 4.95. The van der Waals surface area contributed by atoms with Crippen molar-refractivity contribution in [3.05, 3.63) is 24.2 Å². The standard InChI is InChI=1S/C17H26N2O3/c20-16(13-17(21)6-2-1-3-7-17)19-10-8-18(9-11-19)14-15-5-4-12-22-15/h4-5,12,21H,1-3,6-11,13-14H2. The van der Waals surface area contributed by atoms with Gasteiger partial charge in [0.25, 0.3) is 0 Å². The van der Waals surface area contributed by atoms with E-state index in [0.29, 0.717) is 6.42 Å². The lowest BCUT2D eigenvalue weighted by atomic mass is 9.82. The van der Waals surface area contributed by atoms with Gasteiger partial charge in [-0.3, -0.25) is 9.69 Å². The van der Waals surface area contributed by atoms with Crippen LogP contribution in [0, 0.1) is 0 Å². The van der Waals surface area contributed by atoms with E-state index >= 15 is 0 Å². The highest BCUT2D eigenvalue weighted by Gasteiger charge is 2.34. The van der Waals surface area contributed by atoms with Crippen LogP contribution in [0.4, 0.5) is 0 Å². The van der Waals surface area contributed by atoms with Gasteiger partial charge in [-0.25, -0.2) is 0 Å². The second-order valence-electron chi connectivity index (χ2n) is 6.70. The molecule has 2 fully saturated rings. The molecular weight excluding hydrogens is 280 g/mol. The number of aliphatic hydroxyl groups is 1. The van der Waals surface area contributed by atoms with Crippen LogP contribution in [0.25, 0.3) is 0 Å². The lowest BCUT2D eigenvalue weighted by molar-refractivity contribution is -0.139. The average molecular weight is 306 g/mol. The highest BCUT2D eigenvalue weighted by Crippen LogP contribution is 2.31. The molecule has 5 heteroatoms. The fourth-order valence-corrected chi connectivity index (χ4v) is 3.56. The zero-order chi connectivity index (χ0) is 15.4. The van der Waals surface area contributed by atoms with Crippen molar-refractivity contribution in [2.75, 3.05) is 26.2 Å². The molecule has 1 amide bonds. The number of nitrogens with zero attached hydrogens (tertiary/aromatic N) is 2. The smallest absolute Gasteiger partial charge is 0.225 e. The van der Waals surface area contributed by atoms with Crippen molar-refractivity contribution in [3.63, 3.8) is 0 Å². The van der Waals surface area contributed by atoms with Crippen molar-refractivity contribution in [2.24, 2.45) is 0 Å². The van der Waals surface area contributed by atoms with E-state index in [1.165, 1.54) is 6.42 Å². The highest BCUT2D eigenvalue weighted by atomic mass is 16.3. The quantitative estimate of drug-likeness (QED) is 0.924. The molecule has 0 atom stereocenters. The topological polar surface area (TPSA) is 56.9 Å². The van der Waals surface area contributed by atoms with E-state index in [1.807, 2.05) is 17.0 Å². The van der Waals surface area contributed by atoms with E-state index in [1.54, 1.807) is 6.26 Å². The van der Waals surface area contributed by atoms with Gasteiger partial charge in [-0.05, 0) is 25.0 Å². The van der Waals surface area contributed by atoms with E-state index in [9.17, 15) is 9.90 Å². The van der Waals surface area contributed by atoms with Crippen LogP contribution in [-0.2, 0) is 11.3 Å². The van der Waals surface area contributed by atoms with Gasteiger partial charge in [-0.2, -0.15) is 0 Å². The van der Waals surface area contributed by atoms with Gasteiger partial charge in [0.15, 0.2) is 0 Å². The SMILES string of the molecule is O=C(CC1(O)CCCCC1)N1CCN(Cc2ccco2)CC1. The molecule has 0 aromatic carbocycles. The molecule has 2 aliphatic rings. The Bertz CT molecular complexity index is 472. The largest absolute Gasteiger partial charge is 0.468 e. The van der Waals surface area contributed by atoms with Crippen LogP contribution in [0.3, 0.4) is 0 Å². The number of furan rings is 1. The van der Waals surface area contributed by atoms with Crippen LogP contribution < -0.4 is 0 Å².